The van der Waals surface area contributed by atoms with Crippen molar-refractivity contribution in [2.24, 2.45) is 0 Å². The molecule has 7 nitrogen and oxygen atoms in total. The van der Waals surface area contributed by atoms with Crippen LogP contribution in [0.4, 0.5) is 0 Å². The molecule has 1 aromatic carbocycles. The largest absolute Gasteiger partial charge is 0.493 e. The number of hydrogen-bond acceptors (Lipinski definition) is 7. The number of benzene rings is 1. The summed E-state index contributed by atoms with van der Waals surface area (Å²) in [6, 6.07) is 5.73. The standard InChI is InChI=1S/C18H24N4O3S/c1-6-21(7-2)15(12-8-9-13(24-4)14(10-12)25-5)16-17(23)22-18(26-16)19-11(3)20-22/h8-10,15,23H,6-7H2,1-5H3. The van der Waals surface area contributed by atoms with E-state index in [1.807, 2.05) is 25.1 Å². The topological polar surface area (TPSA) is 72.1 Å². The molecular weight excluding hydrogens is 352 g/mol. The minimum Gasteiger partial charge on any atom is -0.493 e. The van der Waals surface area contributed by atoms with E-state index in [0.29, 0.717) is 22.3 Å². The Morgan fingerprint density at radius 1 is 1.19 bits per heavy atom. The number of nitrogens with zero attached hydrogens (tertiary/aromatic N) is 4. The Morgan fingerprint density at radius 3 is 2.46 bits per heavy atom. The van der Waals surface area contributed by atoms with E-state index in [9.17, 15) is 5.11 Å². The number of aromatic hydroxyl groups is 1. The number of thiazole rings is 1. The lowest BCUT2D eigenvalue weighted by Gasteiger charge is -2.29. The van der Waals surface area contributed by atoms with Crippen molar-refractivity contribution in [1.82, 2.24) is 19.5 Å². The molecule has 2 aromatic heterocycles. The summed E-state index contributed by atoms with van der Waals surface area (Å²) < 4.78 is 12.3. The Hall–Kier alpha value is -2.32. The van der Waals surface area contributed by atoms with Gasteiger partial charge in [-0.15, -0.1) is 5.10 Å². The number of methoxy groups -OCH3 is 2. The van der Waals surface area contributed by atoms with Crippen LogP contribution in [0.3, 0.4) is 0 Å². The number of ether oxygens (including phenoxy) is 2. The quantitative estimate of drug-likeness (QED) is 0.682. The molecule has 0 amide bonds. The number of hydrogen-bond donors (Lipinski definition) is 1. The van der Waals surface area contributed by atoms with Gasteiger partial charge in [0.15, 0.2) is 11.5 Å². The highest BCUT2D eigenvalue weighted by Crippen LogP contribution is 2.41. The monoisotopic (exact) mass is 376 g/mol. The van der Waals surface area contributed by atoms with Crippen LogP contribution in [0.2, 0.25) is 0 Å². The van der Waals surface area contributed by atoms with E-state index in [2.05, 4.69) is 28.8 Å². The van der Waals surface area contributed by atoms with Crippen LogP contribution in [0.25, 0.3) is 4.96 Å². The smallest absolute Gasteiger partial charge is 0.230 e. The van der Waals surface area contributed by atoms with Gasteiger partial charge in [-0.1, -0.05) is 31.3 Å². The molecule has 1 N–H and O–H groups in total. The van der Waals surface area contributed by atoms with Gasteiger partial charge in [0.05, 0.1) is 25.1 Å². The third-order valence-electron chi connectivity index (χ3n) is 4.45. The van der Waals surface area contributed by atoms with Crippen molar-refractivity contribution >= 4 is 16.3 Å². The van der Waals surface area contributed by atoms with E-state index in [-0.39, 0.29) is 11.9 Å². The van der Waals surface area contributed by atoms with Gasteiger partial charge in [0.25, 0.3) is 0 Å². The molecule has 0 saturated heterocycles. The van der Waals surface area contributed by atoms with Crippen LogP contribution in [0.15, 0.2) is 18.2 Å². The Morgan fingerprint density at radius 2 is 1.88 bits per heavy atom. The van der Waals surface area contributed by atoms with Crippen LogP contribution in [-0.4, -0.2) is 51.9 Å². The third kappa shape index (κ3) is 3.10. The maximum Gasteiger partial charge on any atom is 0.230 e. The van der Waals surface area contributed by atoms with Gasteiger partial charge in [-0.25, -0.2) is 4.98 Å². The van der Waals surface area contributed by atoms with Gasteiger partial charge in [-0.05, 0) is 37.7 Å². The lowest BCUT2D eigenvalue weighted by atomic mass is 10.0. The molecule has 0 aliphatic heterocycles. The molecule has 3 rings (SSSR count). The second kappa shape index (κ2) is 7.51. The Balaban J connectivity index is 2.16. The van der Waals surface area contributed by atoms with Crippen molar-refractivity contribution in [3.63, 3.8) is 0 Å². The zero-order chi connectivity index (χ0) is 18.8. The Bertz CT molecular complexity index is 901. The van der Waals surface area contributed by atoms with E-state index < -0.39 is 0 Å². The molecule has 0 saturated carbocycles. The van der Waals surface area contributed by atoms with Crippen molar-refractivity contribution in [3.8, 4) is 17.4 Å². The lowest BCUT2D eigenvalue weighted by Crippen LogP contribution is -2.29. The molecule has 140 valence electrons. The van der Waals surface area contributed by atoms with Crippen LogP contribution in [-0.2, 0) is 0 Å². The molecule has 0 fully saturated rings. The normalized spacial score (nSPS) is 12.7. The molecule has 26 heavy (non-hydrogen) atoms. The molecule has 2 heterocycles. The van der Waals surface area contributed by atoms with Gasteiger partial charge < -0.3 is 14.6 Å². The highest BCUT2D eigenvalue weighted by atomic mass is 32.1. The summed E-state index contributed by atoms with van der Waals surface area (Å²) in [5.74, 6) is 2.12. The zero-order valence-electron chi connectivity index (χ0n) is 15.7. The summed E-state index contributed by atoms with van der Waals surface area (Å²) in [7, 11) is 3.24. The fourth-order valence-corrected chi connectivity index (χ4v) is 4.33. The maximum atomic E-state index is 10.8. The van der Waals surface area contributed by atoms with Crippen molar-refractivity contribution in [2.45, 2.75) is 26.8 Å². The fourth-order valence-electron chi connectivity index (χ4n) is 3.17. The molecule has 0 aliphatic rings. The SMILES string of the molecule is CCN(CC)C(c1ccc(OC)c(OC)c1)c1sc2nc(C)nn2c1O. The summed E-state index contributed by atoms with van der Waals surface area (Å²) in [5, 5.41) is 15.1. The first-order valence-corrected chi connectivity index (χ1v) is 9.36. The van der Waals surface area contributed by atoms with Crippen molar-refractivity contribution < 1.29 is 14.6 Å². The number of aryl methyl sites for hydroxylation is 1. The average molecular weight is 376 g/mol. The van der Waals surface area contributed by atoms with E-state index in [4.69, 9.17) is 9.47 Å². The Labute approximate surface area is 156 Å². The van der Waals surface area contributed by atoms with Crippen LogP contribution >= 0.6 is 11.3 Å². The molecule has 0 aliphatic carbocycles. The van der Waals surface area contributed by atoms with Gasteiger partial charge in [0, 0.05) is 0 Å². The van der Waals surface area contributed by atoms with Gasteiger partial charge >= 0.3 is 0 Å². The highest BCUT2D eigenvalue weighted by Gasteiger charge is 2.28. The number of fused-ring (bicyclic) bond motifs is 1. The first kappa shape index (κ1) is 18.5. The summed E-state index contributed by atoms with van der Waals surface area (Å²) in [5.41, 5.74) is 1.02. The van der Waals surface area contributed by atoms with Crippen LogP contribution in [0.5, 0.6) is 17.4 Å². The van der Waals surface area contributed by atoms with E-state index >= 15 is 0 Å². The Kier molecular flexibility index (Phi) is 5.33. The molecule has 1 atom stereocenters. The van der Waals surface area contributed by atoms with Gasteiger partial charge in [-0.2, -0.15) is 4.52 Å². The highest BCUT2D eigenvalue weighted by molar-refractivity contribution is 7.17. The summed E-state index contributed by atoms with van der Waals surface area (Å²) in [6.45, 7) is 7.70. The molecule has 0 radical (unpaired) electrons. The molecular formula is C18H24N4O3S. The molecule has 0 bridgehead atoms. The molecule has 0 spiro atoms. The van der Waals surface area contributed by atoms with Crippen molar-refractivity contribution in [3.05, 3.63) is 34.5 Å². The van der Waals surface area contributed by atoms with E-state index in [1.165, 1.54) is 15.9 Å². The van der Waals surface area contributed by atoms with E-state index in [0.717, 1.165) is 23.5 Å². The first-order valence-electron chi connectivity index (χ1n) is 8.54. The van der Waals surface area contributed by atoms with Crippen molar-refractivity contribution in [2.75, 3.05) is 27.3 Å². The van der Waals surface area contributed by atoms with Crippen LogP contribution in [0.1, 0.15) is 36.2 Å². The molecule has 3 aromatic rings. The predicted octanol–water partition coefficient (Wildman–Crippen LogP) is 3.25. The van der Waals surface area contributed by atoms with E-state index in [1.54, 1.807) is 14.2 Å². The first-order chi connectivity index (χ1) is 12.5. The fraction of sp³-hybridized carbons (Fsp3) is 0.444. The summed E-state index contributed by atoms with van der Waals surface area (Å²) in [6.07, 6.45) is 0. The van der Waals surface area contributed by atoms with Crippen molar-refractivity contribution in [1.29, 1.82) is 0 Å². The average Bonchev–Trinajstić information content (AvgIpc) is 3.16. The zero-order valence-corrected chi connectivity index (χ0v) is 16.5. The van der Waals surface area contributed by atoms with Gasteiger partial charge in [0.2, 0.25) is 10.8 Å². The predicted molar refractivity (Wildman–Crippen MR) is 102 cm³/mol. The molecule has 1 unspecified atom stereocenters. The van der Waals surface area contributed by atoms with Gasteiger partial charge in [-0.3, -0.25) is 4.90 Å². The van der Waals surface area contributed by atoms with Crippen LogP contribution < -0.4 is 9.47 Å². The second-order valence-electron chi connectivity index (χ2n) is 5.88. The second-order valence-corrected chi connectivity index (χ2v) is 6.89. The number of aromatic nitrogens is 3. The lowest BCUT2D eigenvalue weighted by molar-refractivity contribution is 0.247. The summed E-state index contributed by atoms with van der Waals surface area (Å²) in [4.78, 5) is 8.17. The molecule has 8 heteroatoms. The number of rotatable bonds is 7. The van der Waals surface area contributed by atoms with Gasteiger partial charge in [0.1, 0.15) is 5.82 Å². The van der Waals surface area contributed by atoms with Crippen LogP contribution in [0, 0.1) is 6.92 Å². The maximum absolute atomic E-state index is 10.8. The third-order valence-corrected chi connectivity index (χ3v) is 5.53. The summed E-state index contributed by atoms with van der Waals surface area (Å²) >= 11 is 1.46. The minimum atomic E-state index is -0.126. The minimum absolute atomic E-state index is 0.126.